The van der Waals surface area contributed by atoms with E-state index >= 15 is 0 Å². The molecule has 6 fully saturated rings. The lowest BCUT2D eigenvalue weighted by Gasteiger charge is -2.65. The van der Waals surface area contributed by atoms with Crippen LogP contribution in [0.1, 0.15) is 86.4 Å². The van der Waals surface area contributed by atoms with Gasteiger partial charge in [-0.05, 0) is 86.0 Å². The summed E-state index contributed by atoms with van der Waals surface area (Å²) in [6.07, 6.45) is 5.11. The van der Waals surface area contributed by atoms with Gasteiger partial charge in [0.25, 0.3) is 0 Å². The molecule has 0 bridgehead atoms. The van der Waals surface area contributed by atoms with E-state index in [4.69, 9.17) is 28.4 Å². The lowest BCUT2D eigenvalue weighted by molar-refractivity contribution is -0.267. The lowest BCUT2D eigenvalue weighted by atomic mass is 9.42. The second-order valence-electron chi connectivity index (χ2n) is 15.6. The normalized spacial score (nSPS) is 39.9. The van der Waals surface area contributed by atoms with E-state index in [2.05, 4.69) is 20.8 Å². The summed E-state index contributed by atoms with van der Waals surface area (Å²) < 4.78 is 38.5. The summed E-state index contributed by atoms with van der Waals surface area (Å²) in [5.74, 6) is -1.35. The predicted octanol–water partition coefficient (Wildman–Crippen LogP) is 6.82. The quantitative estimate of drug-likeness (QED) is 0.328. The van der Waals surface area contributed by atoms with E-state index in [1.54, 1.807) is 0 Å². The Kier molecular flexibility index (Phi) is 7.82. The van der Waals surface area contributed by atoms with Gasteiger partial charge in [-0.15, -0.1) is 0 Å². The molecule has 4 aliphatic carbocycles. The Morgan fingerprint density at radius 2 is 1.26 bits per heavy atom. The fourth-order valence-corrected chi connectivity index (χ4v) is 11.4. The molecular weight excluding hydrogens is 596 g/mol. The van der Waals surface area contributed by atoms with Gasteiger partial charge in [-0.3, -0.25) is 0 Å². The van der Waals surface area contributed by atoms with Gasteiger partial charge in [0, 0.05) is 30.6 Å². The van der Waals surface area contributed by atoms with Crippen molar-refractivity contribution in [1.29, 1.82) is 0 Å². The molecule has 2 heterocycles. The lowest BCUT2D eigenvalue weighted by Crippen LogP contribution is -2.65. The summed E-state index contributed by atoms with van der Waals surface area (Å²) in [4.78, 5) is 27.7. The largest absolute Gasteiger partial charge is 0.458 e. The molecule has 6 aliphatic rings. The summed E-state index contributed by atoms with van der Waals surface area (Å²) in [6.45, 7) is 9.20. The topological polar surface area (TPSA) is 89.5 Å². The van der Waals surface area contributed by atoms with Gasteiger partial charge in [-0.2, -0.15) is 0 Å². The predicted molar refractivity (Wildman–Crippen MR) is 172 cm³/mol. The van der Waals surface area contributed by atoms with Crippen molar-refractivity contribution in [2.24, 2.45) is 40.4 Å². The average Bonchev–Trinajstić information content (AvgIpc) is 3.81. The SMILES string of the molecule is CC1(C2CCC3C4C(OC(=O)c5ccccc5)C[C@@H]5CC6(CC[C@]5(C)C4C(OC(=O)c4ccccc4)C[C@@]32C)OCCO6)OCCO1. The van der Waals surface area contributed by atoms with Crippen LogP contribution in [0.25, 0.3) is 0 Å². The number of carbonyl (C=O) groups excluding carboxylic acids is 2. The third-order valence-corrected chi connectivity index (χ3v) is 13.4. The highest BCUT2D eigenvalue weighted by Gasteiger charge is 2.70. The number of fused-ring (bicyclic) bond motifs is 5. The molecule has 0 amide bonds. The Bertz CT molecular complexity index is 1470. The Hall–Kier alpha value is -2.78. The van der Waals surface area contributed by atoms with E-state index in [1.165, 1.54) is 0 Å². The molecule has 2 aliphatic heterocycles. The smallest absolute Gasteiger partial charge is 0.338 e. The number of rotatable bonds is 5. The maximum atomic E-state index is 13.9. The van der Waals surface area contributed by atoms with Crippen molar-refractivity contribution in [3.63, 3.8) is 0 Å². The molecule has 6 unspecified atom stereocenters. The Labute approximate surface area is 277 Å². The van der Waals surface area contributed by atoms with Crippen LogP contribution in [0.5, 0.6) is 0 Å². The molecule has 252 valence electrons. The number of ether oxygens (including phenoxy) is 6. The van der Waals surface area contributed by atoms with E-state index in [-0.39, 0.29) is 64.6 Å². The molecule has 8 rings (SSSR count). The van der Waals surface area contributed by atoms with E-state index in [0.29, 0.717) is 44.0 Å². The Morgan fingerprint density at radius 1 is 0.681 bits per heavy atom. The minimum Gasteiger partial charge on any atom is -0.458 e. The van der Waals surface area contributed by atoms with Crippen LogP contribution in [0.4, 0.5) is 0 Å². The van der Waals surface area contributed by atoms with Crippen LogP contribution in [0.15, 0.2) is 60.7 Å². The van der Waals surface area contributed by atoms with E-state index in [0.717, 1.165) is 38.5 Å². The second kappa shape index (κ2) is 11.7. The third kappa shape index (κ3) is 5.17. The Balaban J connectivity index is 1.22. The third-order valence-electron chi connectivity index (χ3n) is 13.4. The highest BCUT2D eigenvalue weighted by Crippen LogP contribution is 2.70. The van der Waals surface area contributed by atoms with Gasteiger partial charge in [0.1, 0.15) is 12.2 Å². The van der Waals surface area contributed by atoms with Crippen molar-refractivity contribution < 1.29 is 38.0 Å². The van der Waals surface area contributed by atoms with E-state index in [9.17, 15) is 9.59 Å². The van der Waals surface area contributed by atoms with Crippen LogP contribution in [-0.2, 0) is 28.4 Å². The van der Waals surface area contributed by atoms with Gasteiger partial charge in [-0.1, -0.05) is 50.2 Å². The molecule has 2 aromatic rings. The van der Waals surface area contributed by atoms with Crippen molar-refractivity contribution in [2.45, 2.75) is 89.5 Å². The first-order chi connectivity index (χ1) is 22.6. The van der Waals surface area contributed by atoms with Crippen LogP contribution in [0.3, 0.4) is 0 Å². The zero-order chi connectivity index (χ0) is 32.4. The molecule has 9 atom stereocenters. The first-order valence-electron chi connectivity index (χ1n) is 17.7. The summed E-state index contributed by atoms with van der Waals surface area (Å²) in [7, 11) is 0. The van der Waals surface area contributed by atoms with Crippen molar-refractivity contribution >= 4 is 11.9 Å². The van der Waals surface area contributed by atoms with Gasteiger partial charge in [0.15, 0.2) is 11.6 Å². The molecule has 8 nitrogen and oxygen atoms in total. The molecule has 0 N–H and O–H groups in total. The highest BCUT2D eigenvalue weighted by molar-refractivity contribution is 5.90. The minimum absolute atomic E-state index is 0.00344. The molecule has 1 spiro atoms. The first kappa shape index (κ1) is 31.5. The van der Waals surface area contributed by atoms with Gasteiger partial charge >= 0.3 is 11.9 Å². The molecule has 4 saturated carbocycles. The zero-order valence-corrected chi connectivity index (χ0v) is 27.9. The first-order valence-corrected chi connectivity index (χ1v) is 17.7. The summed E-state index contributed by atoms with van der Waals surface area (Å²) in [5, 5.41) is 0. The van der Waals surface area contributed by atoms with E-state index < -0.39 is 11.6 Å². The fraction of sp³-hybridized carbons (Fsp3) is 0.641. The molecule has 47 heavy (non-hydrogen) atoms. The maximum Gasteiger partial charge on any atom is 0.338 e. The van der Waals surface area contributed by atoms with Crippen LogP contribution in [0, 0.1) is 40.4 Å². The number of hydrogen-bond acceptors (Lipinski definition) is 8. The summed E-state index contributed by atoms with van der Waals surface area (Å²) in [5.41, 5.74) is 0.686. The minimum atomic E-state index is -0.698. The maximum absolute atomic E-state index is 13.9. The van der Waals surface area contributed by atoms with Crippen LogP contribution >= 0.6 is 0 Å². The standard InChI is InChI=1S/C39H48O8/c1-36-16-17-39(44-20-21-45-39)23-27(36)22-29(46-34(40)25-10-6-4-7-11-25)32-28-14-15-31(38(3)42-18-19-43-38)37(28,2)24-30(33(32)36)47-35(41)26-12-8-5-9-13-26/h4-13,27-33H,14-24H2,1-3H3/t27-,28?,29?,30?,31?,32?,33?,36+,37+/m1/s1. The molecule has 0 aromatic heterocycles. The molecule has 2 aromatic carbocycles. The monoisotopic (exact) mass is 644 g/mol. The van der Waals surface area contributed by atoms with Gasteiger partial charge < -0.3 is 28.4 Å². The van der Waals surface area contributed by atoms with E-state index in [1.807, 2.05) is 60.7 Å². The van der Waals surface area contributed by atoms with Crippen molar-refractivity contribution in [2.75, 3.05) is 26.4 Å². The van der Waals surface area contributed by atoms with Gasteiger partial charge in [0.2, 0.25) is 0 Å². The number of benzene rings is 2. The van der Waals surface area contributed by atoms with Crippen molar-refractivity contribution in [3.8, 4) is 0 Å². The highest BCUT2D eigenvalue weighted by atomic mass is 16.7. The Morgan fingerprint density at radius 3 is 1.87 bits per heavy atom. The fourth-order valence-electron chi connectivity index (χ4n) is 11.4. The zero-order valence-electron chi connectivity index (χ0n) is 27.9. The number of hydrogen-bond donors (Lipinski definition) is 0. The molecule has 8 heteroatoms. The summed E-state index contributed by atoms with van der Waals surface area (Å²) in [6, 6.07) is 18.6. The number of esters is 2. The van der Waals surface area contributed by atoms with Crippen LogP contribution in [0.2, 0.25) is 0 Å². The molecular formula is C39H48O8. The summed E-state index contributed by atoms with van der Waals surface area (Å²) >= 11 is 0. The molecule has 2 saturated heterocycles. The average molecular weight is 645 g/mol. The van der Waals surface area contributed by atoms with Crippen molar-refractivity contribution in [1.82, 2.24) is 0 Å². The van der Waals surface area contributed by atoms with Gasteiger partial charge in [-0.25, -0.2) is 9.59 Å². The second-order valence-corrected chi connectivity index (χ2v) is 15.6. The molecule has 0 radical (unpaired) electrons. The van der Waals surface area contributed by atoms with Crippen molar-refractivity contribution in [3.05, 3.63) is 71.8 Å². The van der Waals surface area contributed by atoms with Crippen LogP contribution in [-0.4, -0.2) is 62.1 Å². The van der Waals surface area contributed by atoms with Gasteiger partial charge in [0.05, 0.1) is 37.6 Å². The van der Waals surface area contributed by atoms with Crippen LogP contribution < -0.4 is 0 Å². The number of carbonyl (C=O) groups is 2.